The first-order valence-corrected chi connectivity index (χ1v) is 8.94. The summed E-state index contributed by atoms with van der Waals surface area (Å²) in [7, 11) is 1.45. The Morgan fingerprint density at radius 3 is 2.75 bits per heavy atom. The van der Waals surface area contributed by atoms with E-state index in [4.69, 9.17) is 4.74 Å². The number of aromatic nitrogens is 1. The summed E-state index contributed by atoms with van der Waals surface area (Å²) in [6.07, 6.45) is 5.64. The van der Waals surface area contributed by atoms with Crippen molar-refractivity contribution < 1.29 is 9.53 Å². The van der Waals surface area contributed by atoms with Gasteiger partial charge in [0.15, 0.2) is 0 Å². The van der Waals surface area contributed by atoms with Crippen LogP contribution in [0.5, 0.6) is 0 Å². The number of aromatic amines is 1. The highest BCUT2D eigenvalue weighted by molar-refractivity contribution is 5.83. The van der Waals surface area contributed by atoms with Crippen molar-refractivity contribution in [2.24, 2.45) is 5.92 Å². The maximum Gasteiger partial charge on any atom is 0.305 e. The zero-order valence-electron chi connectivity index (χ0n) is 15.2. The van der Waals surface area contributed by atoms with Crippen LogP contribution in [0.15, 0.2) is 30.5 Å². The zero-order chi connectivity index (χ0) is 17.4. The molecule has 1 aromatic heterocycles. The average molecular weight is 330 g/mol. The SMILES string of the molecule is COC(=O)CCCCN(CCc1c[nH]c2ccccc12)CC(C)C. The third kappa shape index (κ3) is 5.68. The largest absolute Gasteiger partial charge is 0.469 e. The number of nitrogens with one attached hydrogen (secondary N) is 1. The molecule has 2 rings (SSSR count). The van der Waals surface area contributed by atoms with Crippen molar-refractivity contribution in [3.63, 3.8) is 0 Å². The highest BCUT2D eigenvalue weighted by Crippen LogP contribution is 2.18. The number of esters is 1. The van der Waals surface area contributed by atoms with Crippen LogP contribution in [0.1, 0.15) is 38.7 Å². The number of fused-ring (bicyclic) bond motifs is 1. The Kier molecular flexibility index (Phi) is 7.32. The van der Waals surface area contributed by atoms with E-state index in [0.29, 0.717) is 12.3 Å². The fraction of sp³-hybridized carbons (Fsp3) is 0.550. The lowest BCUT2D eigenvalue weighted by atomic mass is 10.1. The maximum absolute atomic E-state index is 11.2. The summed E-state index contributed by atoms with van der Waals surface area (Å²) in [6.45, 7) is 7.71. The molecule has 0 spiro atoms. The van der Waals surface area contributed by atoms with Crippen molar-refractivity contribution >= 4 is 16.9 Å². The number of ether oxygens (including phenoxy) is 1. The average Bonchev–Trinajstić information content (AvgIpc) is 2.98. The minimum Gasteiger partial charge on any atom is -0.469 e. The Labute approximate surface area is 145 Å². The molecule has 0 saturated carbocycles. The van der Waals surface area contributed by atoms with Crippen molar-refractivity contribution in [2.45, 2.75) is 39.5 Å². The van der Waals surface area contributed by atoms with E-state index in [9.17, 15) is 4.79 Å². The summed E-state index contributed by atoms with van der Waals surface area (Å²) < 4.78 is 4.70. The second-order valence-electron chi connectivity index (χ2n) is 6.84. The lowest BCUT2D eigenvalue weighted by Gasteiger charge is -2.24. The number of hydrogen-bond acceptors (Lipinski definition) is 3. The second kappa shape index (κ2) is 9.48. The van der Waals surface area contributed by atoms with Gasteiger partial charge in [-0.15, -0.1) is 0 Å². The molecule has 0 unspecified atom stereocenters. The lowest BCUT2D eigenvalue weighted by Crippen LogP contribution is -2.31. The number of nitrogens with zero attached hydrogens (tertiary/aromatic N) is 1. The molecule has 1 heterocycles. The van der Waals surface area contributed by atoms with Gasteiger partial charge in [-0.3, -0.25) is 4.79 Å². The van der Waals surface area contributed by atoms with Crippen LogP contribution in [0.25, 0.3) is 10.9 Å². The first kappa shape index (κ1) is 18.5. The van der Waals surface area contributed by atoms with Crippen molar-refractivity contribution in [1.82, 2.24) is 9.88 Å². The number of H-pyrrole nitrogens is 1. The number of carbonyl (C=O) groups is 1. The van der Waals surface area contributed by atoms with E-state index in [2.05, 4.69) is 54.2 Å². The van der Waals surface area contributed by atoms with E-state index < -0.39 is 0 Å². The molecule has 132 valence electrons. The summed E-state index contributed by atoms with van der Waals surface area (Å²) in [5.74, 6) is 0.540. The maximum atomic E-state index is 11.2. The molecule has 4 heteroatoms. The molecule has 4 nitrogen and oxygen atoms in total. The molecular weight excluding hydrogens is 300 g/mol. The summed E-state index contributed by atoms with van der Waals surface area (Å²) in [4.78, 5) is 17.1. The molecule has 0 radical (unpaired) electrons. The molecule has 0 aliphatic rings. The number of benzene rings is 1. The Bertz CT molecular complexity index is 633. The lowest BCUT2D eigenvalue weighted by molar-refractivity contribution is -0.140. The van der Waals surface area contributed by atoms with Crippen LogP contribution in [0.2, 0.25) is 0 Å². The normalized spacial score (nSPS) is 11.5. The number of hydrogen-bond donors (Lipinski definition) is 1. The highest BCUT2D eigenvalue weighted by atomic mass is 16.5. The van der Waals surface area contributed by atoms with Gasteiger partial charge in [0.1, 0.15) is 0 Å². The zero-order valence-corrected chi connectivity index (χ0v) is 15.2. The summed E-state index contributed by atoms with van der Waals surface area (Å²) in [5, 5.41) is 1.33. The van der Waals surface area contributed by atoms with E-state index >= 15 is 0 Å². The topological polar surface area (TPSA) is 45.3 Å². The molecule has 2 aromatic rings. The Balaban J connectivity index is 1.85. The third-order valence-corrected chi connectivity index (χ3v) is 4.33. The predicted molar refractivity (Wildman–Crippen MR) is 99.1 cm³/mol. The first-order valence-electron chi connectivity index (χ1n) is 8.94. The molecule has 0 atom stereocenters. The fourth-order valence-electron chi connectivity index (χ4n) is 3.13. The minimum absolute atomic E-state index is 0.107. The molecule has 0 fully saturated rings. The van der Waals surface area contributed by atoms with Crippen molar-refractivity contribution in [3.05, 3.63) is 36.0 Å². The van der Waals surface area contributed by atoms with Gasteiger partial charge in [-0.2, -0.15) is 0 Å². The van der Waals surface area contributed by atoms with Crippen LogP contribution in [-0.2, 0) is 16.0 Å². The number of unbranched alkanes of at least 4 members (excludes halogenated alkanes) is 1. The summed E-state index contributed by atoms with van der Waals surface area (Å²) in [5.41, 5.74) is 2.59. The summed E-state index contributed by atoms with van der Waals surface area (Å²) >= 11 is 0. The molecule has 0 aliphatic heterocycles. The van der Waals surface area contributed by atoms with Crippen LogP contribution >= 0.6 is 0 Å². The molecule has 0 saturated heterocycles. The van der Waals surface area contributed by atoms with Crippen LogP contribution in [0.3, 0.4) is 0 Å². The van der Waals surface area contributed by atoms with E-state index in [1.807, 2.05) is 0 Å². The fourth-order valence-corrected chi connectivity index (χ4v) is 3.13. The minimum atomic E-state index is -0.107. The van der Waals surface area contributed by atoms with E-state index in [1.54, 1.807) is 0 Å². The van der Waals surface area contributed by atoms with Gasteiger partial charge in [-0.05, 0) is 43.4 Å². The Morgan fingerprint density at radius 1 is 1.21 bits per heavy atom. The second-order valence-corrected chi connectivity index (χ2v) is 6.84. The predicted octanol–water partition coefficient (Wildman–Crippen LogP) is 4.01. The van der Waals surface area contributed by atoms with Crippen molar-refractivity contribution in [1.29, 1.82) is 0 Å². The van der Waals surface area contributed by atoms with Crippen molar-refractivity contribution in [2.75, 3.05) is 26.7 Å². The quantitative estimate of drug-likeness (QED) is 0.529. The van der Waals surface area contributed by atoms with E-state index in [-0.39, 0.29) is 5.97 Å². The van der Waals surface area contributed by atoms with Crippen LogP contribution in [0.4, 0.5) is 0 Å². The van der Waals surface area contributed by atoms with Gasteiger partial charge in [-0.1, -0.05) is 32.0 Å². The van der Waals surface area contributed by atoms with Gasteiger partial charge in [0, 0.05) is 36.6 Å². The molecule has 1 aromatic carbocycles. The molecule has 0 aliphatic carbocycles. The van der Waals surface area contributed by atoms with Gasteiger partial charge >= 0.3 is 5.97 Å². The molecule has 1 N–H and O–H groups in total. The van der Waals surface area contributed by atoms with Crippen LogP contribution in [0, 0.1) is 5.92 Å². The number of carbonyl (C=O) groups excluding carboxylic acids is 1. The van der Waals surface area contributed by atoms with Crippen LogP contribution in [-0.4, -0.2) is 42.6 Å². The van der Waals surface area contributed by atoms with Gasteiger partial charge in [0.25, 0.3) is 0 Å². The third-order valence-electron chi connectivity index (χ3n) is 4.33. The van der Waals surface area contributed by atoms with Gasteiger partial charge in [0.05, 0.1) is 7.11 Å². The number of rotatable bonds is 10. The standard InChI is InChI=1S/C20H30N2O2/c1-16(2)15-22(12-7-6-10-20(23)24-3)13-11-17-14-21-19-9-5-4-8-18(17)19/h4-5,8-9,14,16,21H,6-7,10-13,15H2,1-3H3. The molecular formula is C20H30N2O2. The van der Waals surface area contributed by atoms with Gasteiger partial charge in [0.2, 0.25) is 0 Å². The molecule has 0 bridgehead atoms. The Morgan fingerprint density at radius 2 is 2.00 bits per heavy atom. The number of para-hydroxylation sites is 1. The monoisotopic (exact) mass is 330 g/mol. The van der Waals surface area contributed by atoms with E-state index in [1.165, 1.54) is 23.6 Å². The summed E-state index contributed by atoms with van der Waals surface area (Å²) in [6, 6.07) is 8.47. The van der Waals surface area contributed by atoms with Gasteiger partial charge < -0.3 is 14.6 Å². The first-order chi connectivity index (χ1) is 11.6. The Hall–Kier alpha value is -1.81. The molecule has 24 heavy (non-hydrogen) atoms. The smallest absolute Gasteiger partial charge is 0.305 e. The van der Waals surface area contributed by atoms with Gasteiger partial charge in [-0.25, -0.2) is 0 Å². The molecule has 0 amide bonds. The highest BCUT2D eigenvalue weighted by Gasteiger charge is 2.10. The van der Waals surface area contributed by atoms with Crippen LogP contribution < -0.4 is 0 Å². The van der Waals surface area contributed by atoms with E-state index in [0.717, 1.165) is 38.9 Å². The number of methoxy groups -OCH3 is 1. The van der Waals surface area contributed by atoms with Crippen molar-refractivity contribution in [3.8, 4) is 0 Å².